The van der Waals surface area contributed by atoms with Gasteiger partial charge in [0, 0.05) is 18.8 Å². The Labute approximate surface area is 119 Å². The third kappa shape index (κ3) is 3.05. The molecule has 0 aliphatic carbocycles. The van der Waals surface area contributed by atoms with E-state index in [4.69, 9.17) is 4.52 Å². The van der Waals surface area contributed by atoms with Gasteiger partial charge in [0.05, 0.1) is 6.54 Å². The molecule has 0 bridgehead atoms. The zero-order valence-electron chi connectivity index (χ0n) is 11.1. The Balaban J connectivity index is 1.87. The van der Waals surface area contributed by atoms with Crippen LogP contribution >= 0.6 is 0 Å². The lowest BCUT2D eigenvalue weighted by atomic mass is 10.2. The first-order valence-corrected chi connectivity index (χ1v) is 6.41. The first-order valence-electron chi connectivity index (χ1n) is 6.41. The monoisotopic (exact) mass is 285 g/mol. The average molecular weight is 285 g/mol. The maximum absolute atomic E-state index is 12.9. The number of halogens is 1. The van der Waals surface area contributed by atoms with Crippen LogP contribution in [0.2, 0.25) is 0 Å². The average Bonchev–Trinajstić information content (AvgIpc) is 2.84. The first kappa shape index (κ1) is 13.2. The molecule has 0 radical (unpaired) electrons. The summed E-state index contributed by atoms with van der Waals surface area (Å²) in [7, 11) is 0. The summed E-state index contributed by atoms with van der Waals surface area (Å²) in [6, 6.07) is 9.67. The van der Waals surface area contributed by atoms with E-state index in [-0.39, 0.29) is 5.82 Å². The number of hydrogen-bond donors (Lipinski definition) is 0. The SMILES string of the molecule is O=c1onc(Cc2ccncc2)n1Cc1ccc(F)cc1. The van der Waals surface area contributed by atoms with E-state index in [1.165, 1.54) is 16.7 Å². The van der Waals surface area contributed by atoms with Crippen LogP contribution in [0.25, 0.3) is 0 Å². The Morgan fingerprint density at radius 3 is 2.48 bits per heavy atom. The van der Waals surface area contributed by atoms with Crippen molar-refractivity contribution in [3.05, 3.63) is 82.1 Å². The fourth-order valence-electron chi connectivity index (χ4n) is 2.03. The van der Waals surface area contributed by atoms with E-state index in [0.29, 0.717) is 18.8 Å². The molecule has 6 heteroatoms. The van der Waals surface area contributed by atoms with Crippen molar-refractivity contribution >= 4 is 0 Å². The number of rotatable bonds is 4. The second kappa shape index (κ2) is 5.70. The molecule has 0 saturated carbocycles. The van der Waals surface area contributed by atoms with Crippen molar-refractivity contribution in [2.24, 2.45) is 0 Å². The number of benzene rings is 1. The van der Waals surface area contributed by atoms with Crippen molar-refractivity contribution in [2.45, 2.75) is 13.0 Å². The Bertz CT molecular complexity index is 779. The number of hydrogen-bond acceptors (Lipinski definition) is 4. The molecular formula is C15H12FN3O2. The lowest BCUT2D eigenvalue weighted by Gasteiger charge is -2.05. The van der Waals surface area contributed by atoms with Gasteiger partial charge in [0.25, 0.3) is 0 Å². The molecule has 0 saturated heterocycles. The second-order valence-electron chi connectivity index (χ2n) is 4.61. The summed E-state index contributed by atoms with van der Waals surface area (Å²) in [5, 5.41) is 3.81. The molecule has 0 atom stereocenters. The molecule has 0 amide bonds. The number of pyridine rings is 1. The maximum Gasteiger partial charge on any atom is 0.441 e. The van der Waals surface area contributed by atoms with E-state index in [9.17, 15) is 9.18 Å². The van der Waals surface area contributed by atoms with Crippen LogP contribution in [0.15, 0.2) is 58.1 Å². The molecule has 3 rings (SSSR count). The predicted octanol–water partition coefficient (Wildman–Crippen LogP) is 2.01. The zero-order chi connectivity index (χ0) is 14.7. The molecule has 0 unspecified atom stereocenters. The van der Waals surface area contributed by atoms with Gasteiger partial charge in [0.2, 0.25) is 0 Å². The molecule has 0 aliphatic rings. The van der Waals surface area contributed by atoms with Crippen LogP contribution in [0.3, 0.4) is 0 Å². The van der Waals surface area contributed by atoms with Gasteiger partial charge in [0.15, 0.2) is 5.82 Å². The Hall–Kier alpha value is -2.76. The highest BCUT2D eigenvalue weighted by atomic mass is 19.1. The van der Waals surface area contributed by atoms with Gasteiger partial charge < -0.3 is 0 Å². The molecular weight excluding hydrogens is 273 g/mol. The highest BCUT2D eigenvalue weighted by molar-refractivity contribution is 5.18. The molecule has 0 fully saturated rings. The molecule has 0 aliphatic heterocycles. The number of aromatic nitrogens is 3. The van der Waals surface area contributed by atoms with Gasteiger partial charge in [-0.25, -0.2) is 9.18 Å². The second-order valence-corrected chi connectivity index (χ2v) is 4.61. The Kier molecular flexibility index (Phi) is 3.59. The van der Waals surface area contributed by atoms with Crippen molar-refractivity contribution < 1.29 is 8.91 Å². The first-order chi connectivity index (χ1) is 10.2. The minimum absolute atomic E-state index is 0.295. The third-order valence-electron chi connectivity index (χ3n) is 3.13. The standard InChI is InChI=1S/C15H12FN3O2/c16-13-3-1-12(2-4-13)10-19-14(18-21-15(19)20)9-11-5-7-17-8-6-11/h1-8H,9-10H2. The van der Waals surface area contributed by atoms with Crippen LogP contribution in [0.4, 0.5) is 4.39 Å². The van der Waals surface area contributed by atoms with Crippen LogP contribution in [0.1, 0.15) is 17.0 Å². The molecule has 21 heavy (non-hydrogen) atoms. The third-order valence-corrected chi connectivity index (χ3v) is 3.13. The molecule has 5 nitrogen and oxygen atoms in total. The van der Waals surface area contributed by atoms with Crippen molar-refractivity contribution in [3.63, 3.8) is 0 Å². The summed E-state index contributed by atoms with van der Waals surface area (Å²) in [5.74, 6) is -0.313. The van der Waals surface area contributed by atoms with E-state index in [1.807, 2.05) is 12.1 Å². The lowest BCUT2D eigenvalue weighted by molar-refractivity contribution is 0.375. The van der Waals surface area contributed by atoms with Gasteiger partial charge in [-0.3, -0.25) is 14.1 Å². The Morgan fingerprint density at radius 2 is 1.76 bits per heavy atom. The summed E-state index contributed by atoms with van der Waals surface area (Å²) in [6.45, 7) is 0.295. The van der Waals surface area contributed by atoms with Crippen LogP contribution < -0.4 is 5.76 Å². The quantitative estimate of drug-likeness (QED) is 0.735. The van der Waals surface area contributed by atoms with E-state index in [2.05, 4.69) is 10.1 Å². The fourth-order valence-corrected chi connectivity index (χ4v) is 2.03. The highest BCUT2D eigenvalue weighted by Crippen LogP contribution is 2.09. The van der Waals surface area contributed by atoms with Gasteiger partial charge >= 0.3 is 5.76 Å². The van der Waals surface area contributed by atoms with Crippen LogP contribution in [-0.2, 0) is 13.0 Å². The molecule has 0 spiro atoms. The van der Waals surface area contributed by atoms with Crippen LogP contribution in [-0.4, -0.2) is 14.7 Å². The summed E-state index contributed by atoms with van der Waals surface area (Å²) >= 11 is 0. The molecule has 3 aromatic rings. The van der Waals surface area contributed by atoms with Crippen LogP contribution in [0.5, 0.6) is 0 Å². The largest absolute Gasteiger partial charge is 0.441 e. The smallest absolute Gasteiger partial charge is 0.296 e. The van der Waals surface area contributed by atoms with Crippen molar-refractivity contribution in [1.82, 2.24) is 14.7 Å². The summed E-state index contributed by atoms with van der Waals surface area (Å²) in [5.41, 5.74) is 1.78. The van der Waals surface area contributed by atoms with Crippen LogP contribution in [0, 0.1) is 5.82 Å². The maximum atomic E-state index is 12.9. The van der Waals surface area contributed by atoms with Gasteiger partial charge in [-0.1, -0.05) is 17.3 Å². The minimum Gasteiger partial charge on any atom is -0.296 e. The van der Waals surface area contributed by atoms with Crippen molar-refractivity contribution in [3.8, 4) is 0 Å². The van der Waals surface area contributed by atoms with E-state index < -0.39 is 5.76 Å². The van der Waals surface area contributed by atoms with E-state index in [0.717, 1.165) is 11.1 Å². The van der Waals surface area contributed by atoms with Crippen molar-refractivity contribution in [2.75, 3.05) is 0 Å². The minimum atomic E-state index is -0.525. The lowest BCUT2D eigenvalue weighted by Crippen LogP contribution is -2.18. The zero-order valence-corrected chi connectivity index (χ0v) is 11.1. The van der Waals surface area contributed by atoms with Gasteiger partial charge in [-0.2, -0.15) is 0 Å². The number of nitrogens with zero attached hydrogens (tertiary/aromatic N) is 3. The van der Waals surface area contributed by atoms with E-state index in [1.54, 1.807) is 24.5 Å². The predicted molar refractivity (Wildman–Crippen MR) is 73.3 cm³/mol. The summed E-state index contributed by atoms with van der Waals surface area (Å²) in [4.78, 5) is 15.7. The topological polar surface area (TPSA) is 60.9 Å². The van der Waals surface area contributed by atoms with Gasteiger partial charge in [-0.15, -0.1) is 0 Å². The molecule has 2 heterocycles. The van der Waals surface area contributed by atoms with E-state index >= 15 is 0 Å². The molecule has 1 aromatic carbocycles. The highest BCUT2D eigenvalue weighted by Gasteiger charge is 2.11. The Morgan fingerprint density at radius 1 is 1.05 bits per heavy atom. The summed E-state index contributed by atoms with van der Waals surface area (Å²) in [6.07, 6.45) is 3.82. The van der Waals surface area contributed by atoms with Gasteiger partial charge in [0.1, 0.15) is 5.82 Å². The molecule has 0 N–H and O–H groups in total. The summed E-state index contributed by atoms with van der Waals surface area (Å²) < 4.78 is 19.1. The van der Waals surface area contributed by atoms with Gasteiger partial charge in [-0.05, 0) is 35.4 Å². The molecule has 2 aromatic heterocycles. The normalized spacial score (nSPS) is 10.7. The fraction of sp³-hybridized carbons (Fsp3) is 0.133. The van der Waals surface area contributed by atoms with Crippen molar-refractivity contribution in [1.29, 1.82) is 0 Å². The molecule has 106 valence electrons.